The van der Waals surface area contributed by atoms with Gasteiger partial charge in [-0.1, -0.05) is 6.07 Å². The number of aliphatic hydroxyl groups is 2. The number of pyridine rings is 1. The fraction of sp³-hybridized carbons (Fsp3) is 0.281. The van der Waals surface area contributed by atoms with Crippen molar-refractivity contribution in [3.63, 3.8) is 0 Å². The highest BCUT2D eigenvalue weighted by Crippen LogP contribution is 2.54. The average molecular weight is 629 g/mol. The van der Waals surface area contributed by atoms with Gasteiger partial charge in [-0.25, -0.2) is 5.43 Å². The molecule has 46 heavy (non-hydrogen) atoms. The van der Waals surface area contributed by atoms with E-state index in [0.29, 0.717) is 5.56 Å². The van der Waals surface area contributed by atoms with Crippen LogP contribution in [0.5, 0.6) is 11.5 Å². The molecule has 0 fully saturated rings. The average Bonchev–Trinajstić information content (AvgIpc) is 3.48. The molecule has 0 saturated heterocycles. The molecule has 1 aromatic heterocycles. The fourth-order valence-electron chi connectivity index (χ4n) is 6.46. The van der Waals surface area contributed by atoms with E-state index >= 15 is 0 Å². The summed E-state index contributed by atoms with van der Waals surface area (Å²) in [5.74, 6) is -3.00. The molecule has 0 saturated carbocycles. The Kier molecular flexibility index (Phi) is 6.93. The van der Waals surface area contributed by atoms with Crippen molar-refractivity contribution in [1.82, 2.24) is 15.3 Å². The highest BCUT2D eigenvalue weighted by atomic mass is 16.5. The Balaban J connectivity index is 1.52. The largest absolute Gasteiger partial charge is 0.510 e. The van der Waals surface area contributed by atoms with Crippen LogP contribution in [0.2, 0.25) is 0 Å². The first-order valence-electron chi connectivity index (χ1n) is 14.2. The van der Waals surface area contributed by atoms with Crippen molar-refractivity contribution in [2.45, 2.75) is 38.1 Å². The van der Waals surface area contributed by atoms with E-state index in [-0.39, 0.29) is 53.4 Å². The molecule has 1 atom stereocenters. The van der Waals surface area contributed by atoms with E-state index in [4.69, 9.17) is 4.74 Å². The third-order valence-electron chi connectivity index (χ3n) is 8.94. The van der Waals surface area contributed by atoms with E-state index in [2.05, 4.69) is 15.5 Å². The molecule has 5 N–H and O–H groups in total. The maximum atomic E-state index is 13.6. The Bertz CT molecular complexity index is 2530. The molecule has 0 radical (unpaired) electrons. The quantitative estimate of drug-likeness (QED) is 0.120. The lowest BCUT2D eigenvalue weighted by atomic mass is 9.78. The van der Waals surface area contributed by atoms with Crippen molar-refractivity contribution in [2.75, 3.05) is 20.7 Å². The number of nitrogens with zero attached hydrogens (tertiary/aromatic N) is 2. The van der Waals surface area contributed by atoms with Crippen LogP contribution < -0.4 is 47.9 Å². The highest BCUT2D eigenvalue weighted by Gasteiger charge is 2.53. The molecule has 1 unspecified atom stereocenters. The zero-order chi connectivity index (χ0) is 33.4. The summed E-state index contributed by atoms with van der Waals surface area (Å²) in [5, 5.41) is 35.8. The highest BCUT2D eigenvalue weighted by molar-refractivity contribution is 5.96. The number of aromatic hydroxyl groups is 1. The Morgan fingerprint density at radius 3 is 2.30 bits per heavy atom. The first-order valence-corrected chi connectivity index (χ1v) is 14.2. The van der Waals surface area contributed by atoms with Gasteiger partial charge >= 0.3 is 0 Å². The van der Waals surface area contributed by atoms with Gasteiger partial charge in [0.2, 0.25) is 16.3 Å². The number of hydrogen-bond donors (Lipinski definition) is 5. The minimum atomic E-state index is -2.00. The first kappa shape index (κ1) is 30.4. The number of carbonyl (C=O) groups is 1. The molecule has 0 bridgehead atoms. The molecular formula is C32H28N4O10. The van der Waals surface area contributed by atoms with E-state index in [9.17, 15) is 44.1 Å². The van der Waals surface area contributed by atoms with Crippen molar-refractivity contribution in [3.05, 3.63) is 107 Å². The van der Waals surface area contributed by atoms with Gasteiger partial charge in [-0.05, 0) is 50.8 Å². The third-order valence-corrected chi connectivity index (χ3v) is 8.94. The van der Waals surface area contributed by atoms with Crippen LogP contribution in [0.1, 0.15) is 37.1 Å². The van der Waals surface area contributed by atoms with Crippen molar-refractivity contribution in [1.29, 1.82) is 0 Å². The van der Waals surface area contributed by atoms with E-state index < -0.39 is 76.6 Å². The standard InChI is InChI=1S/C32H28N4O10/c1-12(2)36(3)11-18(38)35-33-10-15-8-14-7-13-5-6-32(24(13)28(42)19(14)31(45)34-15)29(43)22-23(30(32)44)27(41)21-20(26(22)40)16(37)9-17(46-4)25(21)39/h7-10,12,42-44H,5-6,11H2,1-4H3,(H,34,45)(H,35,38). The van der Waals surface area contributed by atoms with E-state index in [1.54, 1.807) is 13.1 Å². The van der Waals surface area contributed by atoms with Crippen molar-refractivity contribution in [2.24, 2.45) is 5.10 Å². The number of aliphatic hydroxyl groups excluding tert-OH is 2. The maximum absolute atomic E-state index is 13.6. The number of aromatic nitrogens is 1. The molecular weight excluding hydrogens is 600 g/mol. The normalized spacial score (nSPS) is 17.3. The molecule has 1 amide bonds. The van der Waals surface area contributed by atoms with E-state index in [0.717, 1.165) is 13.2 Å². The Morgan fingerprint density at radius 1 is 1.02 bits per heavy atom. The topological polar surface area (TPSA) is 216 Å². The zero-order valence-electron chi connectivity index (χ0n) is 25.1. The van der Waals surface area contributed by atoms with Crippen molar-refractivity contribution >= 4 is 34.4 Å². The van der Waals surface area contributed by atoms with Crippen LogP contribution in [-0.2, 0) is 16.6 Å². The summed E-state index contributed by atoms with van der Waals surface area (Å²) in [6.07, 6.45) is 1.24. The molecule has 4 aliphatic rings. The Hall–Kier alpha value is -5.63. The number of fused-ring (bicyclic) bond motifs is 4. The summed E-state index contributed by atoms with van der Waals surface area (Å²) in [4.78, 5) is 82.7. The number of aromatic amines is 1. The second-order valence-corrected chi connectivity index (χ2v) is 11.7. The SMILES string of the molecule is COc1cc(=O)c2c(=O)c3c(c(=O)c=2c1=O)=C(O)C1(CCc2cc4cc(C=NNC(=O)CN(C)C(C)C)[nH]c(=O)c4c(O)c21)C=3O. The Morgan fingerprint density at radius 2 is 1.67 bits per heavy atom. The molecule has 1 heterocycles. The third kappa shape index (κ3) is 4.10. The van der Waals surface area contributed by atoms with Crippen LogP contribution >= 0.6 is 0 Å². The number of ether oxygens (including phenoxy) is 1. The van der Waals surface area contributed by atoms with Crippen molar-refractivity contribution < 1.29 is 24.9 Å². The van der Waals surface area contributed by atoms with Gasteiger partial charge in [0.05, 0.1) is 51.8 Å². The van der Waals surface area contributed by atoms with E-state index in [1.807, 2.05) is 18.7 Å². The number of benzene rings is 1. The van der Waals surface area contributed by atoms with Crippen LogP contribution in [0.4, 0.5) is 0 Å². The van der Waals surface area contributed by atoms with Crippen LogP contribution in [0.15, 0.2) is 47.3 Å². The second kappa shape index (κ2) is 10.5. The molecule has 1 spiro atoms. The Labute approximate surface area is 257 Å². The number of hydrazone groups is 1. The summed E-state index contributed by atoms with van der Waals surface area (Å²) >= 11 is 0. The predicted molar refractivity (Wildman–Crippen MR) is 167 cm³/mol. The monoisotopic (exact) mass is 628 g/mol. The van der Waals surface area contributed by atoms with Crippen LogP contribution in [-0.4, -0.2) is 64.1 Å². The molecule has 4 aliphatic carbocycles. The maximum Gasteiger partial charge on any atom is 0.260 e. The number of H-pyrrole nitrogens is 1. The van der Waals surface area contributed by atoms with Crippen molar-refractivity contribution in [3.8, 4) is 11.5 Å². The minimum Gasteiger partial charge on any atom is -0.510 e. The minimum absolute atomic E-state index is 0.0928. The summed E-state index contributed by atoms with van der Waals surface area (Å²) < 4.78 is 4.89. The van der Waals surface area contributed by atoms with Crippen LogP contribution in [0.25, 0.3) is 22.3 Å². The molecule has 14 nitrogen and oxygen atoms in total. The number of amides is 1. The number of methoxy groups -OCH3 is 1. The number of rotatable bonds is 6. The number of carbonyl (C=O) groups excluding carboxylic acids is 1. The predicted octanol–water partition coefficient (Wildman–Crippen LogP) is -1.70. The lowest BCUT2D eigenvalue weighted by Gasteiger charge is -2.27. The number of hydrogen-bond acceptors (Lipinski definition) is 12. The van der Waals surface area contributed by atoms with Crippen LogP contribution in [0.3, 0.4) is 0 Å². The molecule has 0 aliphatic heterocycles. The zero-order valence-corrected chi connectivity index (χ0v) is 25.1. The van der Waals surface area contributed by atoms with Gasteiger partial charge < -0.3 is 25.0 Å². The first-order chi connectivity index (χ1) is 21.7. The number of likely N-dealkylation sites (N-methyl/N-ethyl adjacent to an activating group) is 1. The fourth-order valence-corrected chi connectivity index (χ4v) is 6.46. The molecule has 236 valence electrons. The molecule has 6 rings (SSSR count). The second-order valence-electron chi connectivity index (χ2n) is 11.7. The van der Waals surface area contributed by atoms with Gasteiger partial charge in [0.15, 0.2) is 11.2 Å². The van der Waals surface area contributed by atoms with Gasteiger partial charge in [-0.3, -0.25) is 33.7 Å². The lowest BCUT2D eigenvalue weighted by Crippen LogP contribution is -2.51. The van der Waals surface area contributed by atoms with Gasteiger partial charge in [0.25, 0.3) is 11.5 Å². The summed E-state index contributed by atoms with van der Waals surface area (Å²) in [5.41, 5.74) is -4.15. The summed E-state index contributed by atoms with van der Waals surface area (Å²) in [6, 6.07) is 3.98. The van der Waals surface area contributed by atoms with Gasteiger partial charge in [-0.2, -0.15) is 5.10 Å². The smallest absolute Gasteiger partial charge is 0.260 e. The molecule has 14 heteroatoms. The van der Waals surface area contributed by atoms with Gasteiger partial charge in [0.1, 0.15) is 22.7 Å². The van der Waals surface area contributed by atoms with Gasteiger partial charge in [0, 0.05) is 17.7 Å². The summed E-state index contributed by atoms with van der Waals surface area (Å²) in [6.45, 7) is 3.97. The van der Waals surface area contributed by atoms with Crippen LogP contribution in [0, 0.1) is 10.4 Å². The lowest BCUT2D eigenvalue weighted by molar-refractivity contribution is -0.122. The molecule has 2 aromatic rings. The molecule has 1 aromatic carbocycles. The number of phenolic OH excluding ortho intramolecular Hbond substituents is 1. The number of phenols is 1. The van der Waals surface area contributed by atoms with E-state index in [1.165, 1.54) is 12.3 Å². The van der Waals surface area contributed by atoms with Gasteiger partial charge in [-0.15, -0.1) is 0 Å². The number of aryl methyl sites for hydroxylation is 1. The number of nitrogens with one attached hydrogen (secondary N) is 2. The summed E-state index contributed by atoms with van der Waals surface area (Å²) in [7, 11) is 2.90.